The molecule has 1 rings (SSSR count). The summed E-state index contributed by atoms with van der Waals surface area (Å²) in [7, 11) is 3.40. The maximum absolute atomic E-state index is 11.5. The van der Waals surface area contributed by atoms with Crippen LogP contribution in [0.5, 0.6) is 0 Å². The Morgan fingerprint density at radius 3 is 2.62 bits per heavy atom. The number of hydrogen-bond acceptors (Lipinski definition) is 3. The number of nitrogens with zero attached hydrogens (tertiary/aromatic N) is 2. The summed E-state index contributed by atoms with van der Waals surface area (Å²) in [5.74, 6) is -0.139. The van der Waals surface area contributed by atoms with Gasteiger partial charge in [-0.3, -0.25) is 9.48 Å². The number of aryl methyl sites for hydroxylation is 2. The van der Waals surface area contributed by atoms with Crippen LogP contribution in [0.25, 0.3) is 0 Å². The zero-order valence-electron chi connectivity index (χ0n) is 10.3. The highest BCUT2D eigenvalue weighted by molar-refractivity contribution is 5.92. The Morgan fingerprint density at radius 1 is 1.44 bits per heavy atom. The molecule has 0 aliphatic heterocycles. The van der Waals surface area contributed by atoms with Crippen molar-refractivity contribution >= 4 is 11.6 Å². The molecule has 0 saturated carbocycles. The lowest BCUT2D eigenvalue weighted by Gasteiger charge is -2.06. The second kappa shape index (κ2) is 5.65. The van der Waals surface area contributed by atoms with Gasteiger partial charge in [0.1, 0.15) is 6.61 Å². The van der Waals surface area contributed by atoms with Crippen molar-refractivity contribution in [1.29, 1.82) is 0 Å². The van der Waals surface area contributed by atoms with E-state index in [0.717, 1.165) is 29.9 Å². The lowest BCUT2D eigenvalue weighted by atomic mass is 10.2. The predicted octanol–water partition coefficient (Wildman–Crippen LogP) is 1.13. The summed E-state index contributed by atoms with van der Waals surface area (Å²) in [4.78, 5) is 11.5. The number of anilines is 1. The highest BCUT2D eigenvalue weighted by atomic mass is 16.5. The third kappa shape index (κ3) is 2.61. The minimum absolute atomic E-state index is 0.0706. The van der Waals surface area contributed by atoms with Crippen LogP contribution in [0.3, 0.4) is 0 Å². The van der Waals surface area contributed by atoms with Gasteiger partial charge in [-0.25, -0.2) is 0 Å². The smallest absolute Gasteiger partial charge is 0.250 e. The standard InChI is InChI=1S/C11H19N3O2/c1-5-8-11(12-10(15)7-16-4)9(6-2)14(3)13-8/h5-7H2,1-4H3,(H,12,15). The van der Waals surface area contributed by atoms with E-state index >= 15 is 0 Å². The third-order valence-electron chi connectivity index (χ3n) is 2.45. The molecule has 1 amide bonds. The van der Waals surface area contributed by atoms with E-state index < -0.39 is 0 Å². The van der Waals surface area contributed by atoms with Crippen LogP contribution in [0.4, 0.5) is 5.69 Å². The second-order valence-corrected chi connectivity index (χ2v) is 3.58. The van der Waals surface area contributed by atoms with E-state index in [9.17, 15) is 4.79 Å². The fraction of sp³-hybridized carbons (Fsp3) is 0.636. The van der Waals surface area contributed by atoms with Crippen LogP contribution in [0.15, 0.2) is 0 Å². The van der Waals surface area contributed by atoms with E-state index in [0.29, 0.717) is 0 Å². The highest BCUT2D eigenvalue weighted by Gasteiger charge is 2.15. The Bertz CT molecular complexity index is 372. The summed E-state index contributed by atoms with van der Waals surface area (Å²) in [6.45, 7) is 4.14. The summed E-state index contributed by atoms with van der Waals surface area (Å²) < 4.78 is 6.61. The Hall–Kier alpha value is -1.36. The van der Waals surface area contributed by atoms with Crippen molar-refractivity contribution < 1.29 is 9.53 Å². The fourth-order valence-electron chi connectivity index (χ4n) is 1.72. The van der Waals surface area contributed by atoms with Crippen molar-refractivity contribution in [2.75, 3.05) is 19.0 Å². The van der Waals surface area contributed by atoms with E-state index in [1.165, 1.54) is 7.11 Å². The number of rotatable bonds is 5. The molecule has 0 fully saturated rings. The number of amides is 1. The van der Waals surface area contributed by atoms with E-state index in [-0.39, 0.29) is 12.5 Å². The van der Waals surface area contributed by atoms with Crippen LogP contribution >= 0.6 is 0 Å². The topological polar surface area (TPSA) is 56.2 Å². The number of carbonyl (C=O) groups is 1. The molecule has 90 valence electrons. The van der Waals surface area contributed by atoms with Gasteiger partial charge in [0.15, 0.2) is 0 Å². The molecule has 0 spiro atoms. The molecule has 0 aliphatic rings. The van der Waals surface area contributed by atoms with Crippen LogP contribution in [0.2, 0.25) is 0 Å². The van der Waals surface area contributed by atoms with Crippen molar-refractivity contribution in [2.24, 2.45) is 7.05 Å². The second-order valence-electron chi connectivity index (χ2n) is 3.58. The monoisotopic (exact) mass is 225 g/mol. The van der Waals surface area contributed by atoms with Crippen LogP contribution < -0.4 is 5.32 Å². The van der Waals surface area contributed by atoms with Crippen LogP contribution in [-0.4, -0.2) is 29.4 Å². The van der Waals surface area contributed by atoms with Crippen LogP contribution in [0.1, 0.15) is 25.2 Å². The van der Waals surface area contributed by atoms with Crippen molar-refractivity contribution in [3.05, 3.63) is 11.4 Å². The van der Waals surface area contributed by atoms with E-state index in [4.69, 9.17) is 4.74 Å². The molecule has 0 atom stereocenters. The zero-order valence-corrected chi connectivity index (χ0v) is 10.3. The average Bonchev–Trinajstić information content (AvgIpc) is 2.54. The van der Waals surface area contributed by atoms with E-state index in [1.54, 1.807) is 0 Å². The molecule has 0 saturated heterocycles. The lowest BCUT2D eigenvalue weighted by molar-refractivity contribution is -0.119. The molecule has 1 aromatic rings. The number of ether oxygens (including phenoxy) is 1. The molecule has 0 bridgehead atoms. The predicted molar refractivity (Wildman–Crippen MR) is 62.5 cm³/mol. The molecule has 5 heteroatoms. The summed E-state index contributed by atoms with van der Waals surface area (Å²) in [5.41, 5.74) is 2.81. The molecule has 1 heterocycles. The fourth-order valence-corrected chi connectivity index (χ4v) is 1.72. The van der Waals surface area contributed by atoms with Gasteiger partial charge in [-0.2, -0.15) is 5.10 Å². The third-order valence-corrected chi connectivity index (χ3v) is 2.45. The lowest BCUT2D eigenvalue weighted by Crippen LogP contribution is -2.18. The number of aromatic nitrogens is 2. The van der Waals surface area contributed by atoms with Crippen molar-refractivity contribution in [3.8, 4) is 0 Å². The van der Waals surface area contributed by atoms with Gasteiger partial charge in [0, 0.05) is 14.2 Å². The minimum atomic E-state index is -0.139. The Morgan fingerprint density at radius 2 is 2.12 bits per heavy atom. The van der Waals surface area contributed by atoms with Gasteiger partial charge in [-0.05, 0) is 12.8 Å². The number of carbonyl (C=O) groups excluding carboxylic acids is 1. The first-order valence-corrected chi connectivity index (χ1v) is 5.47. The van der Waals surface area contributed by atoms with Gasteiger partial charge in [-0.1, -0.05) is 13.8 Å². The Balaban J connectivity index is 2.95. The van der Waals surface area contributed by atoms with Crippen molar-refractivity contribution in [1.82, 2.24) is 9.78 Å². The van der Waals surface area contributed by atoms with Crippen molar-refractivity contribution in [2.45, 2.75) is 26.7 Å². The molecule has 0 aromatic carbocycles. The first-order valence-electron chi connectivity index (χ1n) is 5.47. The Labute approximate surface area is 95.8 Å². The molecular weight excluding hydrogens is 206 g/mol. The van der Waals surface area contributed by atoms with Crippen LogP contribution in [-0.2, 0) is 29.4 Å². The Kier molecular flexibility index (Phi) is 4.49. The summed E-state index contributed by atoms with van der Waals surface area (Å²) >= 11 is 0. The molecule has 1 N–H and O–H groups in total. The maximum Gasteiger partial charge on any atom is 0.250 e. The number of methoxy groups -OCH3 is 1. The van der Waals surface area contributed by atoms with Gasteiger partial charge < -0.3 is 10.1 Å². The molecule has 0 unspecified atom stereocenters. The van der Waals surface area contributed by atoms with Gasteiger partial charge >= 0.3 is 0 Å². The normalized spacial score (nSPS) is 10.5. The van der Waals surface area contributed by atoms with Gasteiger partial charge in [0.25, 0.3) is 0 Å². The molecular formula is C11H19N3O2. The SMILES string of the molecule is CCc1nn(C)c(CC)c1NC(=O)COC. The summed E-state index contributed by atoms with van der Waals surface area (Å²) in [5, 5.41) is 7.23. The van der Waals surface area contributed by atoms with Gasteiger partial charge in [0.2, 0.25) is 5.91 Å². The highest BCUT2D eigenvalue weighted by Crippen LogP contribution is 2.21. The summed E-state index contributed by atoms with van der Waals surface area (Å²) in [6, 6.07) is 0. The average molecular weight is 225 g/mol. The number of nitrogens with one attached hydrogen (secondary N) is 1. The summed E-state index contributed by atoms with van der Waals surface area (Å²) in [6.07, 6.45) is 1.64. The molecule has 1 aromatic heterocycles. The van der Waals surface area contributed by atoms with E-state index in [2.05, 4.69) is 10.4 Å². The first kappa shape index (κ1) is 12.7. The molecule has 0 aliphatic carbocycles. The van der Waals surface area contributed by atoms with Gasteiger partial charge in [0.05, 0.1) is 17.1 Å². The molecule has 5 nitrogen and oxygen atoms in total. The zero-order chi connectivity index (χ0) is 12.1. The van der Waals surface area contributed by atoms with Crippen LogP contribution in [0, 0.1) is 0 Å². The van der Waals surface area contributed by atoms with Gasteiger partial charge in [-0.15, -0.1) is 0 Å². The maximum atomic E-state index is 11.5. The molecule has 0 radical (unpaired) electrons. The minimum Gasteiger partial charge on any atom is -0.375 e. The largest absolute Gasteiger partial charge is 0.375 e. The quantitative estimate of drug-likeness (QED) is 0.817. The van der Waals surface area contributed by atoms with Crippen molar-refractivity contribution in [3.63, 3.8) is 0 Å². The van der Waals surface area contributed by atoms with E-state index in [1.807, 2.05) is 25.6 Å². The molecule has 16 heavy (non-hydrogen) atoms. The first-order chi connectivity index (χ1) is 7.63. The number of hydrogen-bond donors (Lipinski definition) is 1.